The van der Waals surface area contributed by atoms with E-state index in [1.54, 1.807) is 24.3 Å². The number of likely N-dealkylation sites (tertiary alicyclic amines) is 1. The Hall–Kier alpha value is -2.58. The van der Waals surface area contributed by atoms with Crippen LogP contribution in [-0.4, -0.2) is 52.1 Å². The molecule has 3 amide bonds. The van der Waals surface area contributed by atoms with Crippen LogP contribution < -0.4 is 5.32 Å². The van der Waals surface area contributed by atoms with Crippen LogP contribution in [0.3, 0.4) is 0 Å². The summed E-state index contributed by atoms with van der Waals surface area (Å²) in [6.07, 6.45) is 3.72. The third-order valence-electron chi connectivity index (χ3n) is 4.81. The lowest BCUT2D eigenvalue weighted by molar-refractivity contribution is -0.116. The average molecular weight is 384 g/mol. The standard InChI is InChI=1S/C19H20N4O3S/c24-16(11-23-17(25)14-6-2-3-7-15(14)18(23)26)21-19-20-13(12-27-19)10-22-8-4-1-5-9-22/h2-3,6-7,12H,1,4-5,8-11H2,(H,20,21,24). The Morgan fingerprint density at radius 3 is 2.41 bits per heavy atom. The number of piperidine rings is 1. The van der Waals surface area contributed by atoms with Gasteiger partial charge in [-0.1, -0.05) is 18.6 Å². The highest BCUT2D eigenvalue weighted by Gasteiger charge is 2.36. The van der Waals surface area contributed by atoms with Crippen molar-refractivity contribution in [2.75, 3.05) is 25.0 Å². The van der Waals surface area contributed by atoms with Crippen molar-refractivity contribution >= 4 is 34.2 Å². The maximum atomic E-state index is 12.3. The minimum Gasteiger partial charge on any atom is -0.300 e. The summed E-state index contributed by atoms with van der Waals surface area (Å²) in [5.41, 5.74) is 1.61. The van der Waals surface area contributed by atoms with Crippen molar-refractivity contribution in [2.24, 2.45) is 0 Å². The third-order valence-corrected chi connectivity index (χ3v) is 5.62. The maximum absolute atomic E-state index is 12.3. The van der Waals surface area contributed by atoms with E-state index in [9.17, 15) is 14.4 Å². The van der Waals surface area contributed by atoms with Gasteiger partial charge in [0.2, 0.25) is 5.91 Å². The van der Waals surface area contributed by atoms with Crippen LogP contribution in [0, 0.1) is 0 Å². The van der Waals surface area contributed by atoms with Gasteiger partial charge in [0.05, 0.1) is 16.8 Å². The lowest BCUT2D eigenvalue weighted by atomic mass is 10.1. The van der Waals surface area contributed by atoms with E-state index in [4.69, 9.17) is 0 Å². The molecule has 140 valence electrons. The van der Waals surface area contributed by atoms with Crippen LogP contribution in [0.25, 0.3) is 0 Å². The van der Waals surface area contributed by atoms with Gasteiger partial charge in [-0.25, -0.2) is 4.98 Å². The number of fused-ring (bicyclic) bond motifs is 1. The summed E-state index contributed by atoms with van der Waals surface area (Å²) in [6, 6.07) is 6.60. The molecule has 0 bridgehead atoms. The number of hydrogen-bond acceptors (Lipinski definition) is 6. The highest BCUT2D eigenvalue weighted by atomic mass is 32.1. The normalized spacial score (nSPS) is 17.3. The van der Waals surface area contributed by atoms with E-state index in [0.29, 0.717) is 16.3 Å². The predicted molar refractivity (Wildman–Crippen MR) is 102 cm³/mol. The summed E-state index contributed by atoms with van der Waals surface area (Å²) in [4.78, 5) is 44.8. The van der Waals surface area contributed by atoms with Crippen molar-refractivity contribution in [3.63, 3.8) is 0 Å². The third kappa shape index (κ3) is 3.77. The molecular formula is C19H20N4O3S. The Morgan fingerprint density at radius 1 is 1.07 bits per heavy atom. The zero-order chi connectivity index (χ0) is 18.8. The van der Waals surface area contributed by atoms with Crippen molar-refractivity contribution in [1.82, 2.24) is 14.8 Å². The van der Waals surface area contributed by atoms with Crippen LogP contribution in [0.5, 0.6) is 0 Å². The van der Waals surface area contributed by atoms with Gasteiger partial charge in [0.15, 0.2) is 5.13 Å². The Morgan fingerprint density at radius 2 is 1.74 bits per heavy atom. The van der Waals surface area contributed by atoms with Crippen molar-refractivity contribution < 1.29 is 14.4 Å². The number of anilines is 1. The van der Waals surface area contributed by atoms with Gasteiger partial charge in [0, 0.05) is 11.9 Å². The van der Waals surface area contributed by atoms with E-state index in [1.165, 1.54) is 30.6 Å². The first-order chi connectivity index (χ1) is 13.1. The first-order valence-corrected chi connectivity index (χ1v) is 9.91. The van der Waals surface area contributed by atoms with Crippen LogP contribution in [0.2, 0.25) is 0 Å². The molecule has 2 aliphatic heterocycles. The molecular weight excluding hydrogens is 364 g/mol. The number of carbonyl (C=O) groups excluding carboxylic acids is 3. The fraction of sp³-hybridized carbons (Fsp3) is 0.368. The van der Waals surface area contributed by atoms with Gasteiger partial charge >= 0.3 is 0 Å². The highest BCUT2D eigenvalue weighted by Crippen LogP contribution is 2.23. The Labute approximate surface area is 161 Å². The predicted octanol–water partition coefficient (Wildman–Crippen LogP) is 2.36. The van der Waals surface area contributed by atoms with Gasteiger partial charge < -0.3 is 5.32 Å². The zero-order valence-corrected chi connectivity index (χ0v) is 15.6. The van der Waals surface area contributed by atoms with Crippen molar-refractivity contribution in [3.05, 3.63) is 46.5 Å². The molecule has 0 radical (unpaired) electrons. The first-order valence-electron chi connectivity index (χ1n) is 9.03. The number of imide groups is 1. The number of nitrogens with one attached hydrogen (secondary N) is 1. The van der Waals surface area contributed by atoms with Crippen LogP contribution >= 0.6 is 11.3 Å². The van der Waals surface area contributed by atoms with Crippen molar-refractivity contribution in [1.29, 1.82) is 0 Å². The summed E-state index contributed by atoms with van der Waals surface area (Å²) in [7, 11) is 0. The molecule has 1 saturated heterocycles. The molecule has 0 aliphatic carbocycles. The lowest BCUT2D eigenvalue weighted by Gasteiger charge is -2.25. The molecule has 4 rings (SSSR count). The van der Waals surface area contributed by atoms with Gasteiger partial charge in [0.25, 0.3) is 11.8 Å². The van der Waals surface area contributed by atoms with Gasteiger partial charge in [-0.2, -0.15) is 0 Å². The van der Waals surface area contributed by atoms with Gasteiger partial charge in [-0.3, -0.25) is 24.2 Å². The number of amides is 3. The van der Waals surface area contributed by atoms with Gasteiger partial charge in [-0.15, -0.1) is 11.3 Å². The lowest BCUT2D eigenvalue weighted by Crippen LogP contribution is -2.37. The quantitative estimate of drug-likeness (QED) is 0.801. The Balaban J connectivity index is 1.35. The highest BCUT2D eigenvalue weighted by molar-refractivity contribution is 7.13. The van der Waals surface area contributed by atoms with Gasteiger partial charge in [0.1, 0.15) is 6.54 Å². The molecule has 1 aromatic heterocycles. The molecule has 1 N–H and O–H groups in total. The molecule has 2 aliphatic rings. The van der Waals surface area contributed by atoms with Gasteiger partial charge in [-0.05, 0) is 38.1 Å². The number of aromatic nitrogens is 1. The topological polar surface area (TPSA) is 82.6 Å². The SMILES string of the molecule is O=C(CN1C(=O)c2ccccc2C1=O)Nc1nc(CN2CCCCC2)cs1. The maximum Gasteiger partial charge on any atom is 0.262 e. The second kappa shape index (κ2) is 7.58. The van der Waals surface area contributed by atoms with E-state index >= 15 is 0 Å². The number of thiazole rings is 1. The fourth-order valence-electron chi connectivity index (χ4n) is 3.47. The van der Waals surface area contributed by atoms with E-state index in [2.05, 4.69) is 15.2 Å². The number of carbonyl (C=O) groups is 3. The summed E-state index contributed by atoms with van der Waals surface area (Å²) >= 11 is 1.36. The summed E-state index contributed by atoms with van der Waals surface area (Å²) in [6.45, 7) is 2.64. The van der Waals surface area contributed by atoms with E-state index in [0.717, 1.165) is 30.2 Å². The summed E-state index contributed by atoms with van der Waals surface area (Å²) in [5, 5.41) is 5.12. The molecule has 0 atom stereocenters. The van der Waals surface area contributed by atoms with Crippen molar-refractivity contribution in [3.8, 4) is 0 Å². The average Bonchev–Trinajstić information content (AvgIpc) is 3.21. The number of nitrogens with zero attached hydrogens (tertiary/aromatic N) is 3. The molecule has 1 fully saturated rings. The van der Waals surface area contributed by atoms with Crippen molar-refractivity contribution in [2.45, 2.75) is 25.8 Å². The molecule has 8 heteroatoms. The van der Waals surface area contributed by atoms with E-state index in [-0.39, 0.29) is 6.54 Å². The van der Waals surface area contributed by atoms with E-state index < -0.39 is 17.7 Å². The summed E-state index contributed by atoms with van der Waals surface area (Å²) in [5.74, 6) is -1.30. The fourth-order valence-corrected chi connectivity index (χ4v) is 4.19. The second-order valence-corrected chi connectivity index (χ2v) is 7.63. The van der Waals surface area contributed by atoms with Crippen LogP contribution in [0.1, 0.15) is 45.7 Å². The van der Waals surface area contributed by atoms with E-state index in [1.807, 2.05) is 5.38 Å². The molecule has 1 aromatic carbocycles. The Kier molecular flexibility index (Phi) is 5.00. The largest absolute Gasteiger partial charge is 0.300 e. The first kappa shape index (κ1) is 17.8. The molecule has 0 saturated carbocycles. The minimum absolute atomic E-state index is 0.312. The monoisotopic (exact) mass is 384 g/mol. The molecule has 0 unspecified atom stereocenters. The Bertz CT molecular complexity index is 854. The number of hydrogen-bond donors (Lipinski definition) is 1. The molecule has 0 spiro atoms. The second-order valence-electron chi connectivity index (χ2n) is 6.77. The summed E-state index contributed by atoms with van der Waals surface area (Å²) < 4.78 is 0. The molecule has 3 heterocycles. The number of rotatable bonds is 5. The smallest absolute Gasteiger partial charge is 0.262 e. The molecule has 7 nitrogen and oxygen atoms in total. The molecule has 27 heavy (non-hydrogen) atoms. The van der Waals surface area contributed by atoms with Crippen LogP contribution in [0.4, 0.5) is 5.13 Å². The number of benzene rings is 1. The van der Waals surface area contributed by atoms with Crippen LogP contribution in [-0.2, 0) is 11.3 Å². The minimum atomic E-state index is -0.435. The molecule has 2 aromatic rings. The zero-order valence-electron chi connectivity index (χ0n) is 14.8. The van der Waals surface area contributed by atoms with Crippen LogP contribution in [0.15, 0.2) is 29.6 Å².